The molecule has 7 heteroatoms. The van der Waals surface area contributed by atoms with Crippen LogP contribution in [0.5, 0.6) is 11.5 Å². The Kier molecular flexibility index (Phi) is 4.49. The van der Waals surface area contributed by atoms with Crippen molar-refractivity contribution in [3.63, 3.8) is 0 Å². The van der Waals surface area contributed by atoms with Crippen LogP contribution in [0.4, 0.5) is 5.69 Å². The van der Waals surface area contributed by atoms with Crippen molar-refractivity contribution in [3.05, 3.63) is 51.5 Å². The molecule has 0 fully saturated rings. The highest BCUT2D eigenvalue weighted by Gasteiger charge is 2.14. The maximum atomic E-state index is 12.1. The summed E-state index contributed by atoms with van der Waals surface area (Å²) in [5.74, 6) is -0.298. The molecule has 0 saturated heterocycles. The third kappa shape index (κ3) is 3.35. The molecule has 0 radical (unpaired) electrons. The summed E-state index contributed by atoms with van der Waals surface area (Å²) in [7, 11) is 2.80. The maximum absolute atomic E-state index is 12.1. The number of anilines is 1. The van der Waals surface area contributed by atoms with Gasteiger partial charge in [-0.15, -0.1) is 0 Å². The van der Waals surface area contributed by atoms with E-state index in [2.05, 4.69) is 5.32 Å². The molecule has 0 aliphatic heterocycles. The van der Waals surface area contributed by atoms with Crippen LogP contribution >= 0.6 is 11.6 Å². The molecule has 1 heterocycles. The molecule has 0 spiro atoms. The van der Waals surface area contributed by atoms with Crippen molar-refractivity contribution in [2.75, 3.05) is 19.5 Å². The molecule has 1 aromatic carbocycles. The van der Waals surface area contributed by atoms with Gasteiger partial charge in [-0.1, -0.05) is 11.6 Å². The van der Waals surface area contributed by atoms with Gasteiger partial charge in [0.25, 0.3) is 5.91 Å². The van der Waals surface area contributed by atoms with E-state index < -0.39 is 11.3 Å². The van der Waals surface area contributed by atoms with Crippen LogP contribution < -0.4 is 20.2 Å². The zero-order chi connectivity index (χ0) is 15.4. The van der Waals surface area contributed by atoms with Crippen LogP contribution in [0, 0.1) is 0 Å². The highest BCUT2D eigenvalue weighted by molar-refractivity contribution is 6.31. The van der Waals surface area contributed by atoms with Gasteiger partial charge in [0.2, 0.25) is 11.2 Å². The number of carbonyl (C=O) groups is 1. The van der Waals surface area contributed by atoms with E-state index in [1.54, 1.807) is 12.1 Å². The average Bonchev–Trinajstić information content (AvgIpc) is 2.47. The van der Waals surface area contributed by atoms with Gasteiger partial charge in [-0.25, -0.2) is 0 Å². The van der Waals surface area contributed by atoms with E-state index in [9.17, 15) is 9.59 Å². The molecular formula is C14H12ClNO5. The van der Waals surface area contributed by atoms with E-state index in [0.29, 0.717) is 16.5 Å². The van der Waals surface area contributed by atoms with Crippen molar-refractivity contribution in [1.82, 2.24) is 0 Å². The third-order valence-corrected chi connectivity index (χ3v) is 2.89. The van der Waals surface area contributed by atoms with E-state index in [4.69, 9.17) is 25.5 Å². The molecule has 0 bridgehead atoms. The average molecular weight is 310 g/mol. The zero-order valence-corrected chi connectivity index (χ0v) is 12.1. The van der Waals surface area contributed by atoms with Crippen molar-refractivity contribution in [1.29, 1.82) is 0 Å². The van der Waals surface area contributed by atoms with Crippen LogP contribution in [0.3, 0.4) is 0 Å². The van der Waals surface area contributed by atoms with Gasteiger partial charge in [-0.2, -0.15) is 0 Å². The van der Waals surface area contributed by atoms with Gasteiger partial charge in [-0.3, -0.25) is 9.59 Å². The fourth-order valence-electron chi connectivity index (χ4n) is 1.63. The lowest BCUT2D eigenvalue weighted by molar-refractivity contribution is 0.0993. The molecule has 0 unspecified atom stereocenters. The van der Waals surface area contributed by atoms with Gasteiger partial charge in [0.1, 0.15) is 12.0 Å². The first-order valence-corrected chi connectivity index (χ1v) is 6.24. The molecule has 0 saturated carbocycles. The van der Waals surface area contributed by atoms with Crippen molar-refractivity contribution < 1.29 is 18.7 Å². The molecular weight excluding hydrogens is 298 g/mol. The highest BCUT2D eigenvalue weighted by atomic mass is 35.5. The third-order valence-electron chi connectivity index (χ3n) is 2.65. The van der Waals surface area contributed by atoms with Gasteiger partial charge in [0.15, 0.2) is 5.76 Å². The fraction of sp³-hybridized carbons (Fsp3) is 0.143. The highest BCUT2D eigenvalue weighted by Crippen LogP contribution is 2.28. The van der Waals surface area contributed by atoms with Crippen LogP contribution in [-0.2, 0) is 0 Å². The molecule has 1 aromatic heterocycles. The lowest BCUT2D eigenvalue weighted by Crippen LogP contribution is -2.15. The molecule has 6 nitrogen and oxygen atoms in total. The maximum Gasteiger partial charge on any atom is 0.291 e. The first-order chi connectivity index (χ1) is 10.0. The molecule has 21 heavy (non-hydrogen) atoms. The Labute approximate surface area is 125 Å². The molecule has 2 rings (SSSR count). The second kappa shape index (κ2) is 6.32. The number of halogens is 1. The summed E-state index contributed by atoms with van der Waals surface area (Å²) >= 11 is 5.87. The minimum absolute atomic E-state index is 0.0203. The molecule has 1 N–H and O–H groups in total. The smallest absolute Gasteiger partial charge is 0.291 e. The lowest BCUT2D eigenvalue weighted by Gasteiger charge is -2.10. The van der Waals surface area contributed by atoms with E-state index in [0.717, 1.165) is 12.3 Å². The van der Waals surface area contributed by atoms with Gasteiger partial charge in [0.05, 0.1) is 19.9 Å². The van der Waals surface area contributed by atoms with Crippen LogP contribution in [0.2, 0.25) is 5.02 Å². The predicted octanol–water partition coefficient (Wildman–Crippen LogP) is 2.56. The number of rotatable bonds is 4. The Bertz CT molecular complexity index is 726. The Balaban J connectivity index is 2.28. The summed E-state index contributed by atoms with van der Waals surface area (Å²) < 4.78 is 14.9. The topological polar surface area (TPSA) is 77.8 Å². The summed E-state index contributed by atoms with van der Waals surface area (Å²) in [6.45, 7) is 0. The number of hydrogen-bond donors (Lipinski definition) is 1. The number of ether oxygens (including phenoxy) is 2. The van der Waals surface area contributed by atoms with Crippen LogP contribution in [0.1, 0.15) is 10.6 Å². The fourth-order valence-corrected chi connectivity index (χ4v) is 1.80. The number of carbonyl (C=O) groups excluding carboxylic acids is 1. The summed E-state index contributed by atoms with van der Waals surface area (Å²) in [4.78, 5) is 23.7. The monoisotopic (exact) mass is 309 g/mol. The first-order valence-electron chi connectivity index (χ1n) is 5.87. The minimum atomic E-state index is -0.602. The first kappa shape index (κ1) is 14.9. The Hall–Kier alpha value is -2.47. The Morgan fingerprint density at radius 3 is 2.52 bits per heavy atom. The van der Waals surface area contributed by atoms with E-state index in [1.807, 2.05) is 0 Å². The van der Waals surface area contributed by atoms with Gasteiger partial charge >= 0.3 is 0 Å². The summed E-state index contributed by atoms with van der Waals surface area (Å²) in [5, 5.41) is 2.99. The van der Waals surface area contributed by atoms with E-state index >= 15 is 0 Å². The normalized spacial score (nSPS) is 10.0. The number of hydrogen-bond acceptors (Lipinski definition) is 5. The molecule has 2 aromatic rings. The number of amides is 1. The van der Waals surface area contributed by atoms with Crippen LogP contribution in [0.25, 0.3) is 0 Å². The molecule has 1 amide bonds. The molecule has 0 aliphatic rings. The SMILES string of the molecule is COc1ccc(Cl)cc1NC(=O)c1cc(=O)c(OC)co1. The Morgan fingerprint density at radius 1 is 1.19 bits per heavy atom. The lowest BCUT2D eigenvalue weighted by atomic mass is 10.2. The van der Waals surface area contributed by atoms with Gasteiger partial charge in [0, 0.05) is 11.1 Å². The Morgan fingerprint density at radius 2 is 1.90 bits per heavy atom. The molecule has 0 atom stereocenters. The predicted molar refractivity (Wildman–Crippen MR) is 77.5 cm³/mol. The van der Waals surface area contributed by atoms with Crippen molar-refractivity contribution in [3.8, 4) is 11.5 Å². The van der Waals surface area contributed by atoms with Crippen molar-refractivity contribution >= 4 is 23.2 Å². The van der Waals surface area contributed by atoms with Gasteiger partial charge < -0.3 is 19.2 Å². The quantitative estimate of drug-likeness (QED) is 0.939. The van der Waals surface area contributed by atoms with Crippen LogP contribution in [0.15, 0.2) is 39.7 Å². The second-order valence-electron chi connectivity index (χ2n) is 3.98. The van der Waals surface area contributed by atoms with Crippen molar-refractivity contribution in [2.45, 2.75) is 0 Å². The summed E-state index contributed by atoms with van der Waals surface area (Å²) in [6.07, 6.45) is 1.08. The number of benzene rings is 1. The summed E-state index contributed by atoms with van der Waals surface area (Å²) in [6, 6.07) is 5.82. The second-order valence-corrected chi connectivity index (χ2v) is 4.41. The van der Waals surface area contributed by atoms with E-state index in [1.165, 1.54) is 20.3 Å². The molecule has 0 aliphatic carbocycles. The minimum Gasteiger partial charge on any atom is -0.495 e. The zero-order valence-electron chi connectivity index (χ0n) is 11.3. The molecule has 110 valence electrons. The number of methoxy groups -OCH3 is 2. The largest absolute Gasteiger partial charge is 0.495 e. The summed E-state index contributed by atoms with van der Waals surface area (Å²) in [5.41, 5.74) is -0.0829. The van der Waals surface area contributed by atoms with Crippen LogP contribution in [-0.4, -0.2) is 20.1 Å². The standard InChI is InChI=1S/C14H12ClNO5/c1-19-11-4-3-8(15)5-9(11)16-14(18)12-6-10(17)13(20-2)7-21-12/h3-7H,1-2H3,(H,16,18). The number of nitrogens with one attached hydrogen (secondary N) is 1. The van der Waals surface area contributed by atoms with E-state index in [-0.39, 0.29) is 11.5 Å². The van der Waals surface area contributed by atoms with Crippen molar-refractivity contribution in [2.24, 2.45) is 0 Å². The van der Waals surface area contributed by atoms with Gasteiger partial charge in [-0.05, 0) is 18.2 Å².